The molecule has 1 saturated heterocycles. The van der Waals surface area contributed by atoms with Crippen LogP contribution in [0.2, 0.25) is 0 Å². The van der Waals surface area contributed by atoms with Gasteiger partial charge in [-0.1, -0.05) is 24.3 Å². The smallest absolute Gasteiger partial charge is 0.371 e. The van der Waals surface area contributed by atoms with Crippen LogP contribution in [-0.4, -0.2) is 25.9 Å². The Morgan fingerprint density at radius 1 is 1.32 bits per heavy atom. The van der Waals surface area contributed by atoms with E-state index in [9.17, 15) is 13.2 Å². The van der Waals surface area contributed by atoms with Crippen LogP contribution in [0.5, 0.6) is 0 Å². The molecular weight excluding hydrogens is 281 g/mol. The van der Waals surface area contributed by atoms with Crippen molar-refractivity contribution in [2.75, 3.05) is 19.7 Å². The summed E-state index contributed by atoms with van der Waals surface area (Å²) in [6.07, 6.45) is -4.82. The van der Waals surface area contributed by atoms with E-state index in [1.54, 1.807) is 18.2 Å². The summed E-state index contributed by atoms with van der Waals surface area (Å²) in [5.74, 6) is 0. The lowest BCUT2D eigenvalue weighted by Crippen LogP contribution is -2.35. The normalized spacial score (nSPS) is 21.6. The first kappa shape index (κ1) is 16.2. The Balaban J connectivity index is 0.00000180. The molecule has 1 aromatic rings. The van der Waals surface area contributed by atoms with Gasteiger partial charge in [-0.3, -0.25) is 0 Å². The van der Waals surface area contributed by atoms with Gasteiger partial charge in [-0.2, -0.15) is 13.2 Å². The largest absolute Gasteiger partial charge is 0.407 e. The minimum atomic E-state index is -4.45. The first-order valence-corrected chi connectivity index (χ1v) is 5.73. The van der Waals surface area contributed by atoms with Gasteiger partial charge < -0.3 is 15.8 Å². The van der Waals surface area contributed by atoms with E-state index in [-0.39, 0.29) is 24.1 Å². The maximum absolute atomic E-state index is 12.7. The molecule has 3 N–H and O–H groups in total. The van der Waals surface area contributed by atoms with Crippen LogP contribution in [0.15, 0.2) is 24.3 Å². The summed E-state index contributed by atoms with van der Waals surface area (Å²) in [5, 5.41) is 3.09. The highest BCUT2D eigenvalue weighted by Crippen LogP contribution is 2.35. The predicted molar refractivity (Wildman–Crippen MR) is 68.2 cm³/mol. The van der Waals surface area contributed by atoms with Crippen molar-refractivity contribution < 1.29 is 17.9 Å². The summed E-state index contributed by atoms with van der Waals surface area (Å²) >= 11 is 0. The predicted octanol–water partition coefficient (Wildman–Crippen LogP) is 2.33. The van der Waals surface area contributed by atoms with Gasteiger partial charge in [-0.05, 0) is 11.1 Å². The van der Waals surface area contributed by atoms with E-state index in [1.165, 1.54) is 6.07 Å². The number of benzene rings is 1. The molecule has 3 nitrogen and oxygen atoms in total. The Morgan fingerprint density at radius 2 is 2.00 bits per heavy atom. The van der Waals surface area contributed by atoms with Crippen molar-refractivity contribution in [3.8, 4) is 0 Å². The molecule has 1 fully saturated rings. The van der Waals surface area contributed by atoms with Gasteiger partial charge in [0, 0.05) is 13.1 Å². The van der Waals surface area contributed by atoms with Crippen LogP contribution in [0, 0.1) is 0 Å². The molecule has 0 aliphatic carbocycles. The number of nitrogens with two attached hydrogens (primary N) is 1. The monoisotopic (exact) mass is 296 g/mol. The van der Waals surface area contributed by atoms with Crippen molar-refractivity contribution in [3.05, 3.63) is 35.4 Å². The average molecular weight is 297 g/mol. The summed E-state index contributed by atoms with van der Waals surface area (Å²) in [7, 11) is 0. The third-order valence-corrected chi connectivity index (χ3v) is 2.96. The molecule has 0 aromatic heterocycles. The lowest BCUT2D eigenvalue weighted by molar-refractivity contribution is -0.149. The topological polar surface area (TPSA) is 47.3 Å². The second-order valence-corrected chi connectivity index (χ2v) is 4.21. The van der Waals surface area contributed by atoms with E-state index in [0.29, 0.717) is 25.3 Å². The Morgan fingerprint density at radius 3 is 2.58 bits per heavy atom. The third-order valence-electron chi connectivity index (χ3n) is 2.96. The quantitative estimate of drug-likeness (QED) is 0.880. The van der Waals surface area contributed by atoms with Crippen molar-refractivity contribution >= 4 is 12.4 Å². The van der Waals surface area contributed by atoms with Gasteiger partial charge >= 0.3 is 6.18 Å². The zero-order chi connectivity index (χ0) is 13.2. The van der Waals surface area contributed by atoms with Crippen molar-refractivity contribution in [1.29, 1.82) is 0 Å². The van der Waals surface area contributed by atoms with Gasteiger partial charge in [0.1, 0.15) is 6.04 Å². The van der Waals surface area contributed by atoms with Crippen molar-refractivity contribution in [3.63, 3.8) is 0 Å². The second-order valence-electron chi connectivity index (χ2n) is 4.21. The molecule has 2 unspecified atom stereocenters. The van der Waals surface area contributed by atoms with E-state index in [2.05, 4.69) is 5.32 Å². The van der Waals surface area contributed by atoms with Crippen LogP contribution in [0.25, 0.3) is 0 Å². The standard InChI is InChI=1S/C12H15F3N2O.ClH/c13-12(14,15)11(16)9-4-2-1-3-8(9)10-7-17-5-6-18-10;/h1-4,10-11,17H,5-7,16H2;1H. The van der Waals surface area contributed by atoms with Crippen molar-refractivity contribution in [1.82, 2.24) is 5.32 Å². The highest BCUT2D eigenvalue weighted by atomic mass is 35.5. The zero-order valence-corrected chi connectivity index (χ0v) is 10.9. The molecule has 1 aliphatic heterocycles. The summed E-state index contributed by atoms with van der Waals surface area (Å²) in [6.45, 7) is 1.70. The fourth-order valence-corrected chi connectivity index (χ4v) is 2.03. The molecule has 7 heteroatoms. The van der Waals surface area contributed by atoms with Gasteiger partial charge in [0.15, 0.2) is 0 Å². The maximum Gasteiger partial charge on any atom is 0.407 e. The van der Waals surface area contributed by atoms with Gasteiger partial charge in [0.05, 0.1) is 12.7 Å². The van der Waals surface area contributed by atoms with Crippen LogP contribution >= 0.6 is 12.4 Å². The molecule has 0 bridgehead atoms. The molecule has 1 aromatic carbocycles. The third kappa shape index (κ3) is 3.82. The van der Waals surface area contributed by atoms with Crippen LogP contribution in [0.3, 0.4) is 0 Å². The highest BCUT2D eigenvalue weighted by Gasteiger charge is 2.39. The number of ether oxygens (including phenoxy) is 1. The zero-order valence-electron chi connectivity index (χ0n) is 10.1. The van der Waals surface area contributed by atoms with E-state index in [4.69, 9.17) is 10.5 Å². The molecule has 19 heavy (non-hydrogen) atoms. The second kappa shape index (κ2) is 6.56. The average Bonchev–Trinajstić information content (AvgIpc) is 2.38. The number of hydrogen-bond acceptors (Lipinski definition) is 3. The van der Waals surface area contributed by atoms with Gasteiger partial charge in [-0.25, -0.2) is 0 Å². The summed E-state index contributed by atoms with van der Waals surface area (Å²) < 4.78 is 43.6. The molecule has 0 saturated carbocycles. The van der Waals surface area contributed by atoms with E-state index in [1.807, 2.05) is 0 Å². The first-order valence-electron chi connectivity index (χ1n) is 5.73. The van der Waals surface area contributed by atoms with Crippen LogP contribution < -0.4 is 11.1 Å². The molecule has 0 spiro atoms. The van der Waals surface area contributed by atoms with Gasteiger partial charge in [0.25, 0.3) is 0 Å². The summed E-state index contributed by atoms with van der Waals surface area (Å²) in [5.41, 5.74) is 5.87. The fourth-order valence-electron chi connectivity index (χ4n) is 2.03. The van der Waals surface area contributed by atoms with Crippen molar-refractivity contribution in [2.45, 2.75) is 18.3 Å². The Bertz CT molecular complexity index is 408. The Hall–Kier alpha value is -0.820. The van der Waals surface area contributed by atoms with Crippen LogP contribution in [0.1, 0.15) is 23.3 Å². The molecule has 108 valence electrons. The lowest BCUT2D eigenvalue weighted by Gasteiger charge is -2.28. The number of hydrogen-bond donors (Lipinski definition) is 2. The molecule has 2 atom stereocenters. The molecule has 1 aliphatic rings. The minimum absolute atomic E-state index is 0. The summed E-state index contributed by atoms with van der Waals surface area (Å²) in [6, 6.07) is 4.32. The van der Waals surface area contributed by atoms with Gasteiger partial charge in [0.2, 0.25) is 0 Å². The molecular formula is C12H16ClF3N2O. The molecule has 0 amide bonds. The Kier molecular flexibility index (Phi) is 5.61. The van der Waals surface area contributed by atoms with Gasteiger partial charge in [-0.15, -0.1) is 12.4 Å². The molecule has 2 rings (SSSR count). The molecule has 1 heterocycles. The number of halogens is 4. The Labute approximate surface area is 115 Å². The number of morpholine rings is 1. The van der Waals surface area contributed by atoms with Crippen LogP contribution in [0.4, 0.5) is 13.2 Å². The highest BCUT2D eigenvalue weighted by molar-refractivity contribution is 5.85. The van der Waals surface area contributed by atoms with Crippen LogP contribution in [-0.2, 0) is 4.74 Å². The maximum atomic E-state index is 12.7. The first-order chi connectivity index (χ1) is 8.50. The number of alkyl halides is 3. The fraction of sp³-hybridized carbons (Fsp3) is 0.500. The summed E-state index contributed by atoms with van der Waals surface area (Å²) in [4.78, 5) is 0. The van der Waals surface area contributed by atoms with Crippen molar-refractivity contribution in [2.24, 2.45) is 5.73 Å². The number of rotatable bonds is 2. The minimum Gasteiger partial charge on any atom is -0.371 e. The van der Waals surface area contributed by atoms with E-state index >= 15 is 0 Å². The number of nitrogens with one attached hydrogen (secondary N) is 1. The SMILES string of the molecule is Cl.NC(c1ccccc1C1CNCCO1)C(F)(F)F. The molecule has 0 radical (unpaired) electrons. The van der Waals surface area contributed by atoms with E-state index < -0.39 is 12.2 Å². The lowest BCUT2D eigenvalue weighted by atomic mass is 9.96. The van der Waals surface area contributed by atoms with E-state index in [0.717, 1.165) is 0 Å².